The molecule has 0 radical (unpaired) electrons. The molecule has 0 saturated carbocycles. The van der Waals surface area contributed by atoms with Crippen LogP contribution in [0.15, 0.2) is 48.7 Å². The van der Waals surface area contributed by atoms with Gasteiger partial charge in [0.15, 0.2) is 17.4 Å². The Morgan fingerprint density at radius 1 is 1.06 bits per heavy atom. The van der Waals surface area contributed by atoms with Gasteiger partial charge < -0.3 is 14.4 Å². The van der Waals surface area contributed by atoms with Crippen LogP contribution in [0.1, 0.15) is 23.7 Å². The van der Waals surface area contributed by atoms with Crippen molar-refractivity contribution in [2.75, 3.05) is 0 Å². The lowest BCUT2D eigenvalue weighted by Crippen LogP contribution is -2.14. The maximum Gasteiger partial charge on any atom is 0.418 e. The van der Waals surface area contributed by atoms with Gasteiger partial charge in [0.05, 0.1) is 17.2 Å². The maximum atomic E-state index is 14.4. The first-order chi connectivity index (χ1) is 15.0. The molecule has 0 aliphatic rings. The van der Waals surface area contributed by atoms with Crippen LogP contribution in [-0.4, -0.2) is 15.6 Å². The summed E-state index contributed by atoms with van der Waals surface area (Å²) in [6, 6.07) is 7.15. The Hall–Kier alpha value is -3.43. The molecule has 0 fully saturated rings. The standard InChI is InChI=1S/C22H17F6NO3/c1-12(21(30)31)8-13-9-17(24)20(18(25)10-13)32-11-19-16(22(26,27)28)6-7-29(19)15-4-2-14(23)3-5-15/h2-7,9-10,12H,8,11H2,1H3,(H,30,31). The number of carboxylic acids is 1. The molecule has 32 heavy (non-hydrogen) atoms. The maximum absolute atomic E-state index is 14.4. The summed E-state index contributed by atoms with van der Waals surface area (Å²) in [7, 11) is 0. The molecular weight excluding hydrogens is 440 g/mol. The van der Waals surface area contributed by atoms with Crippen molar-refractivity contribution in [3.05, 3.63) is 82.9 Å². The lowest BCUT2D eigenvalue weighted by molar-refractivity contribution is -0.141. The minimum absolute atomic E-state index is 0.0629. The van der Waals surface area contributed by atoms with Gasteiger partial charge in [-0.15, -0.1) is 0 Å². The molecule has 1 heterocycles. The number of alkyl halides is 3. The summed E-state index contributed by atoms with van der Waals surface area (Å²) in [5.41, 5.74) is -1.26. The summed E-state index contributed by atoms with van der Waals surface area (Å²) in [6.45, 7) is 0.531. The summed E-state index contributed by atoms with van der Waals surface area (Å²) in [4.78, 5) is 10.9. The van der Waals surface area contributed by atoms with Crippen molar-refractivity contribution in [1.82, 2.24) is 4.57 Å². The zero-order chi connectivity index (χ0) is 23.6. The Morgan fingerprint density at radius 3 is 2.19 bits per heavy atom. The third-order valence-electron chi connectivity index (χ3n) is 4.78. The summed E-state index contributed by atoms with van der Waals surface area (Å²) >= 11 is 0. The van der Waals surface area contributed by atoms with Crippen molar-refractivity contribution in [1.29, 1.82) is 0 Å². The van der Waals surface area contributed by atoms with Crippen molar-refractivity contribution in [2.45, 2.75) is 26.1 Å². The second kappa shape index (κ2) is 8.97. The number of nitrogens with zero attached hydrogens (tertiary/aromatic N) is 1. The quantitative estimate of drug-likeness (QED) is 0.460. The number of ether oxygens (including phenoxy) is 1. The Labute approximate surface area is 178 Å². The van der Waals surface area contributed by atoms with Gasteiger partial charge in [-0.2, -0.15) is 13.2 Å². The van der Waals surface area contributed by atoms with E-state index < -0.39 is 59.1 Å². The minimum atomic E-state index is -4.77. The van der Waals surface area contributed by atoms with Gasteiger partial charge in [0.2, 0.25) is 0 Å². The van der Waals surface area contributed by atoms with Crippen LogP contribution in [0.5, 0.6) is 5.75 Å². The summed E-state index contributed by atoms with van der Waals surface area (Å²) in [5.74, 6) is -5.87. The van der Waals surface area contributed by atoms with E-state index in [0.29, 0.717) is 0 Å². The van der Waals surface area contributed by atoms with Crippen LogP contribution >= 0.6 is 0 Å². The highest BCUT2D eigenvalue weighted by molar-refractivity contribution is 5.69. The lowest BCUT2D eigenvalue weighted by Gasteiger charge is -2.16. The van der Waals surface area contributed by atoms with E-state index in [9.17, 15) is 31.1 Å². The molecule has 1 atom stereocenters. The molecule has 1 aromatic heterocycles. The molecule has 0 aliphatic heterocycles. The molecule has 0 bridgehead atoms. The van der Waals surface area contributed by atoms with E-state index in [1.807, 2.05) is 0 Å². The molecule has 1 unspecified atom stereocenters. The molecule has 0 spiro atoms. The molecule has 3 aromatic rings. The number of hydrogen-bond donors (Lipinski definition) is 1. The van der Waals surface area contributed by atoms with E-state index in [1.165, 1.54) is 19.1 Å². The smallest absolute Gasteiger partial charge is 0.418 e. The number of benzene rings is 2. The molecule has 170 valence electrons. The fraction of sp³-hybridized carbons (Fsp3) is 0.227. The van der Waals surface area contributed by atoms with Crippen LogP contribution in [0, 0.1) is 23.4 Å². The van der Waals surface area contributed by atoms with Crippen molar-refractivity contribution >= 4 is 5.97 Å². The SMILES string of the molecule is CC(Cc1cc(F)c(OCc2c(C(F)(F)F)ccn2-c2ccc(F)cc2)c(F)c1)C(=O)O. The number of halogens is 6. The summed E-state index contributed by atoms with van der Waals surface area (Å²) in [6.07, 6.45) is -3.81. The first-order valence-corrected chi connectivity index (χ1v) is 9.34. The average Bonchev–Trinajstić information content (AvgIpc) is 3.12. The van der Waals surface area contributed by atoms with Gasteiger partial charge >= 0.3 is 12.1 Å². The summed E-state index contributed by atoms with van der Waals surface area (Å²) in [5, 5.41) is 8.93. The molecule has 4 nitrogen and oxygen atoms in total. The van der Waals surface area contributed by atoms with Gasteiger partial charge in [-0.1, -0.05) is 6.92 Å². The van der Waals surface area contributed by atoms with E-state index >= 15 is 0 Å². The number of carboxylic acid groups (broad SMARTS) is 1. The lowest BCUT2D eigenvalue weighted by atomic mass is 10.0. The number of aliphatic carboxylic acids is 1. The van der Waals surface area contributed by atoms with E-state index in [-0.39, 0.29) is 17.7 Å². The van der Waals surface area contributed by atoms with Crippen molar-refractivity contribution in [2.24, 2.45) is 5.92 Å². The van der Waals surface area contributed by atoms with Gasteiger partial charge in [-0.05, 0) is 54.4 Å². The topological polar surface area (TPSA) is 51.5 Å². The van der Waals surface area contributed by atoms with Crippen LogP contribution in [-0.2, 0) is 24.0 Å². The molecule has 0 amide bonds. The van der Waals surface area contributed by atoms with Gasteiger partial charge in [0, 0.05) is 11.9 Å². The highest BCUT2D eigenvalue weighted by Gasteiger charge is 2.36. The van der Waals surface area contributed by atoms with Crippen LogP contribution in [0.25, 0.3) is 5.69 Å². The van der Waals surface area contributed by atoms with Crippen LogP contribution in [0.4, 0.5) is 26.3 Å². The van der Waals surface area contributed by atoms with Crippen LogP contribution in [0.3, 0.4) is 0 Å². The minimum Gasteiger partial charge on any atom is -0.481 e. The number of aromatic nitrogens is 1. The van der Waals surface area contributed by atoms with E-state index in [1.54, 1.807) is 0 Å². The van der Waals surface area contributed by atoms with Crippen molar-refractivity contribution in [3.63, 3.8) is 0 Å². The van der Waals surface area contributed by atoms with Gasteiger partial charge in [-0.3, -0.25) is 4.79 Å². The highest BCUT2D eigenvalue weighted by Crippen LogP contribution is 2.35. The van der Waals surface area contributed by atoms with Crippen LogP contribution < -0.4 is 4.74 Å². The largest absolute Gasteiger partial charge is 0.481 e. The van der Waals surface area contributed by atoms with Crippen molar-refractivity contribution in [3.8, 4) is 11.4 Å². The van der Waals surface area contributed by atoms with Gasteiger partial charge in [-0.25, -0.2) is 13.2 Å². The normalized spacial score (nSPS) is 12.6. The predicted molar refractivity (Wildman–Crippen MR) is 102 cm³/mol. The zero-order valence-corrected chi connectivity index (χ0v) is 16.6. The molecular formula is C22H17F6NO3. The molecule has 0 saturated heterocycles. The molecule has 1 N–H and O–H groups in total. The average molecular weight is 457 g/mol. The zero-order valence-electron chi connectivity index (χ0n) is 16.6. The second-order valence-electron chi connectivity index (χ2n) is 7.14. The van der Waals surface area contributed by atoms with Gasteiger partial charge in [0.1, 0.15) is 12.4 Å². The van der Waals surface area contributed by atoms with Crippen molar-refractivity contribution < 1.29 is 41.0 Å². The third-order valence-corrected chi connectivity index (χ3v) is 4.78. The highest BCUT2D eigenvalue weighted by atomic mass is 19.4. The Bertz CT molecular complexity index is 1100. The van der Waals surface area contributed by atoms with E-state index in [2.05, 4.69) is 0 Å². The first kappa shape index (κ1) is 23.2. The third kappa shape index (κ3) is 5.06. The first-order valence-electron chi connectivity index (χ1n) is 9.34. The van der Waals surface area contributed by atoms with Crippen LogP contribution in [0.2, 0.25) is 0 Å². The monoisotopic (exact) mass is 457 g/mol. The van der Waals surface area contributed by atoms with Gasteiger partial charge in [0.25, 0.3) is 0 Å². The number of rotatable bonds is 7. The molecule has 3 rings (SSSR count). The number of hydrogen-bond acceptors (Lipinski definition) is 2. The fourth-order valence-corrected chi connectivity index (χ4v) is 3.16. The number of carbonyl (C=O) groups is 1. The fourth-order valence-electron chi connectivity index (χ4n) is 3.16. The van der Waals surface area contributed by atoms with E-state index in [0.717, 1.165) is 41.1 Å². The second-order valence-corrected chi connectivity index (χ2v) is 7.14. The Morgan fingerprint density at radius 2 is 1.66 bits per heavy atom. The predicted octanol–water partition coefficient (Wildman–Crippen LogP) is 5.76. The van der Waals surface area contributed by atoms with E-state index in [4.69, 9.17) is 9.84 Å². The summed E-state index contributed by atoms with van der Waals surface area (Å²) < 4.78 is 88.5. The molecule has 0 aliphatic carbocycles. The molecule has 10 heteroatoms. The Balaban J connectivity index is 1.91. The molecule has 2 aromatic carbocycles. The Kier molecular flexibility index (Phi) is 6.52.